The molecule has 5 nitrogen and oxygen atoms in total. The third kappa shape index (κ3) is 2.74. The monoisotopic (exact) mass is 236 g/mol. The van der Waals surface area contributed by atoms with Crippen molar-refractivity contribution in [3.05, 3.63) is 34.4 Å². The van der Waals surface area contributed by atoms with Gasteiger partial charge >= 0.3 is 0 Å². The van der Waals surface area contributed by atoms with Gasteiger partial charge in [-0.05, 0) is 19.4 Å². The molecule has 0 radical (unpaired) electrons. The van der Waals surface area contributed by atoms with Gasteiger partial charge < -0.3 is 10.1 Å². The second kappa shape index (κ2) is 5.14. The number of anilines is 1. The molecule has 1 aromatic rings. The molecule has 1 saturated heterocycles. The predicted octanol–water partition coefficient (Wildman–Crippen LogP) is 2.43. The normalized spacial score (nSPS) is 23.6. The van der Waals surface area contributed by atoms with Crippen LogP contribution in [0.4, 0.5) is 11.4 Å². The van der Waals surface area contributed by atoms with Crippen LogP contribution in [0.25, 0.3) is 0 Å². The van der Waals surface area contributed by atoms with Crippen molar-refractivity contribution in [1.82, 2.24) is 0 Å². The maximum Gasteiger partial charge on any atom is 0.292 e. The lowest BCUT2D eigenvalue weighted by Gasteiger charge is -2.15. The Hall–Kier alpha value is -1.62. The molecular weight excluding hydrogens is 220 g/mol. The predicted molar refractivity (Wildman–Crippen MR) is 65.1 cm³/mol. The van der Waals surface area contributed by atoms with Crippen molar-refractivity contribution in [2.75, 3.05) is 18.5 Å². The minimum absolute atomic E-state index is 0.124. The van der Waals surface area contributed by atoms with E-state index in [4.69, 9.17) is 4.74 Å². The summed E-state index contributed by atoms with van der Waals surface area (Å²) in [4.78, 5) is 10.5. The quantitative estimate of drug-likeness (QED) is 0.644. The molecule has 1 aliphatic rings. The number of nitro benzene ring substituents is 1. The second-order valence-corrected chi connectivity index (χ2v) is 4.28. The maximum atomic E-state index is 10.8. The van der Waals surface area contributed by atoms with E-state index < -0.39 is 0 Å². The molecule has 1 aliphatic heterocycles. The number of nitro groups is 1. The first-order valence-corrected chi connectivity index (χ1v) is 5.77. The van der Waals surface area contributed by atoms with E-state index in [1.165, 1.54) is 6.07 Å². The molecule has 0 bridgehead atoms. The zero-order valence-electron chi connectivity index (χ0n) is 9.76. The first kappa shape index (κ1) is 11.9. The smallest absolute Gasteiger partial charge is 0.292 e. The molecule has 2 rings (SSSR count). The molecule has 2 atom stereocenters. The fourth-order valence-electron chi connectivity index (χ4n) is 2.07. The number of para-hydroxylation sites is 2. The number of benzene rings is 1. The van der Waals surface area contributed by atoms with Crippen LogP contribution in [0, 0.1) is 16.0 Å². The summed E-state index contributed by atoms with van der Waals surface area (Å²) in [6, 6.07) is 6.71. The molecular formula is C12H16N2O3. The summed E-state index contributed by atoms with van der Waals surface area (Å²) in [7, 11) is 0. The molecule has 0 aliphatic carbocycles. The summed E-state index contributed by atoms with van der Waals surface area (Å²) in [5.41, 5.74) is 0.704. The van der Waals surface area contributed by atoms with Crippen LogP contribution < -0.4 is 5.32 Å². The van der Waals surface area contributed by atoms with Gasteiger partial charge in [0.25, 0.3) is 5.69 Å². The van der Waals surface area contributed by atoms with Crippen LogP contribution in [0.1, 0.15) is 13.3 Å². The average Bonchev–Trinajstić information content (AvgIpc) is 2.72. The third-order valence-corrected chi connectivity index (χ3v) is 3.19. The van der Waals surface area contributed by atoms with Crippen molar-refractivity contribution in [1.29, 1.82) is 0 Å². The summed E-state index contributed by atoms with van der Waals surface area (Å²) in [6.07, 6.45) is 1.24. The SMILES string of the molecule is CC1OCCC1CNc1ccccc1[N+](=O)[O-]. The highest BCUT2D eigenvalue weighted by molar-refractivity contribution is 5.61. The molecule has 1 aromatic carbocycles. The van der Waals surface area contributed by atoms with Crippen LogP contribution in [-0.2, 0) is 4.74 Å². The van der Waals surface area contributed by atoms with E-state index in [9.17, 15) is 10.1 Å². The third-order valence-electron chi connectivity index (χ3n) is 3.19. The molecule has 1 heterocycles. The van der Waals surface area contributed by atoms with Crippen LogP contribution >= 0.6 is 0 Å². The van der Waals surface area contributed by atoms with Gasteiger partial charge in [-0.3, -0.25) is 10.1 Å². The Kier molecular flexibility index (Phi) is 3.58. The average molecular weight is 236 g/mol. The number of hydrogen-bond acceptors (Lipinski definition) is 4. The first-order chi connectivity index (χ1) is 8.18. The van der Waals surface area contributed by atoms with Gasteiger partial charge in [0.1, 0.15) is 5.69 Å². The van der Waals surface area contributed by atoms with Crippen LogP contribution in [0.3, 0.4) is 0 Å². The lowest BCUT2D eigenvalue weighted by molar-refractivity contribution is -0.384. The van der Waals surface area contributed by atoms with Crippen molar-refractivity contribution >= 4 is 11.4 Å². The second-order valence-electron chi connectivity index (χ2n) is 4.28. The van der Waals surface area contributed by atoms with Gasteiger partial charge in [0.2, 0.25) is 0 Å². The Labute approximate surface area is 99.9 Å². The van der Waals surface area contributed by atoms with Crippen LogP contribution in [0.15, 0.2) is 24.3 Å². The molecule has 1 fully saturated rings. The van der Waals surface area contributed by atoms with Crippen LogP contribution in [0.5, 0.6) is 0 Å². The molecule has 0 aromatic heterocycles. The number of rotatable bonds is 4. The van der Waals surface area contributed by atoms with E-state index in [2.05, 4.69) is 5.32 Å². The molecule has 0 spiro atoms. The van der Waals surface area contributed by atoms with Crippen molar-refractivity contribution in [3.63, 3.8) is 0 Å². The van der Waals surface area contributed by atoms with Gasteiger partial charge in [-0.2, -0.15) is 0 Å². The van der Waals surface area contributed by atoms with Gasteiger partial charge in [-0.15, -0.1) is 0 Å². The summed E-state index contributed by atoms with van der Waals surface area (Å²) < 4.78 is 5.46. The molecule has 92 valence electrons. The van der Waals surface area contributed by atoms with E-state index in [0.717, 1.165) is 13.0 Å². The van der Waals surface area contributed by atoms with Crippen LogP contribution in [0.2, 0.25) is 0 Å². The molecule has 17 heavy (non-hydrogen) atoms. The molecule has 1 N–H and O–H groups in total. The van der Waals surface area contributed by atoms with Crippen molar-refractivity contribution in [2.45, 2.75) is 19.4 Å². The van der Waals surface area contributed by atoms with Gasteiger partial charge in [-0.25, -0.2) is 0 Å². The Morgan fingerprint density at radius 3 is 2.94 bits per heavy atom. The Bertz CT molecular complexity index is 408. The topological polar surface area (TPSA) is 64.4 Å². The van der Waals surface area contributed by atoms with E-state index in [-0.39, 0.29) is 16.7 Å². The van der Waals surface area contributed by atoms with Crippen LogP contribution in [-0.4, -0.2) is 24.2 Å². The lowest BCUT2D eigenvalue weighted by atomic mass is 10.0. The zero-order valence-corrected chi connectivity index (χ0v) is 9.76. The van der Waals surface area contributed by atoms with Gasteiger partial charge in [-0.1, -0.05) is 12.1 Å². The zero-order chi connectivity index (χ0) is 12.3. The van der Waals surface area contributed by atoms with Crippen molar-refractivity contribution in [2.24, 2.45) is 5.92 Å². The van der Waals surface area contributed by atoms with Gasteiger partial charge in [0, 0.05) is 25.1 Å². The molecule has 2 unspecified atom stereocenters. The molecule has 5 heteroatoms. The van der Waals surface area contributed by atoms with Crippen molar-refractivity contribution < 1.29 is 9.66 Å². The molecule has 0 saturated carbocycles. The van der Waals surface area contributed by atoms with E-state index >= 15 is 0 Å². The number of hydrogen-bond donors (Lipinski definition) is 1. The summed E-state index contributed by atoms with van der Waals surface area (Å²) >= 11 is 0. The summed E-state index contributed by atoms with van der Waals surface area (Å²) in [5, 5.41) is 14.0. The minimum Gasteiger partial charge on any atom is -0.379 e. The summed E-state index contributed by atoms with van der Waals surface area (Å²) in [6.45, 7) is 3.54. The Morgan fingerprint density at radius 1 is 1.53 bits per heavy atom. The fraction of sp³-hybridized carbons (Fsp3) is 0.500. The number of ether oxygens (including phenoxy) is 1. The fourth-order valence-corrected chi connectivity index (χ4v) is 2.07. The highest BCUT2D eigenvalue weighted by atomic mass is 16.6. The number of nitrogens with one attached hydrogen (secondary N) is 1. The summed E-state index contributed by atoms with van der Waals surface area (Å²) in [5.74, 6) is 0.426. The lowest BCUT2D eigenvalue weighted by Crippen LogP contribution is -2.21. The molecule has 0 amide bonds. The highest BCUT2D eigenvalue weighted by Gasteiger charge is 2.24. The maximum absolute atomic E-state index is 10.8. The van der Waals surface area contributed by atoms with Gasteiger partial charge in [0.15, 0.2) is 0 Å². The van der Waals surface area contributed by atoms with Gasteiger partial charge in [0.05, 0.1) is 11.0 Å². The Morgan fingerprint density at radius 2 is 2.29 bits per heavy atom. The largest absolute Gasteiger partial charge is 0.379 e. The number of nitrogens with zero attached hydrogens (tertiary/aromatic N) is 1. The van der Waals surface area contributed by atoms with E-state index in [1.54, 1.807) is 18.2 Å². The first-order valence-electron chi connectivity index (χ1n) is 5.77. The Balaban J connectivity index is 2.01. The van der Waals surface area contributed by atoms with E-state index in [0.29, 0.717) is 18.2 Å². The standard InChI is InChI=1S/C12H16N2O3/c1-9-10(6-7-17-9)8-13-11-4-2-3-5-12(11)14(15)16/h2-5,9-10,13H,6-8H2,1H3. The van der Waals surface area contributed by atoms with E-state index in [1.807, 2.05) is 6.92 Å². The van der Waals surface area contributed by atoms with Crippen molar-refractivity contribution in [3.8, 4) is 0 Å². The highest BCUT2D eigenvalue weighted by Crippen LogP contribution is 2.26. The minimum atomic E-state index is -0.364.